The van der Waals surface area contributed by atoms with E-state index in [0.29, 0.717) is 17.6 Å². The smallest absolute Gasteiger partial charge is 0.0878 e. The van der Waals surface area contributed by atoms with Crippen molar-refractivity contribution < 1.29 is 4.74 Å². The van der Waals surface area contributed by atoms with Crippen molar-refractivity contribution in [3.63, 3.8) is 0 Å². The van der Waals surface area contributed by atoms with Gasteiger partial charge < -0.3 is 9.64 Å². The highest BCUT2D eigenvalue weighted by Gasteiger charge is 2.69. The van der Waals surface area contributed by atoms with E-state index < -0.39 is 0 Å². The molecule has 2 aliphatic carbocycles. The minimum Gasteiger partial charge on any atom is -0.369 e. The summed E-state index contributed by atoms with van der Waals surface area (Å²) >= 11 is 0. The van der Waals surface area contributed by atoms with Crippen molar-refractivity contribution in [1.82, 2.24) is 4.90 Å². The van der Waals surface area contributed by atoms with Crippen LogP contribution in [-0.4, -0.2) is 36.7 Å². The van der Waals surface area contributed by atoms with E-state index in [9.17, 15) is 0 Å². The second-order valence-corrected chi connectivity index (χ2v) is 6.49. The third-order valence-electron chi connectivity index (χ3n) is 5.68. The molecule has 1 saturated heterocycles. The van der Waals surface area contributed by atoms with Gasteiger partial charge in [-0.15, -0.1) is 0 Å². The van der Waals surface area contributed by atoms with Crippen molar-refractivity contribution in [2.24, 2.45) is 23.2 Å². The highest BCUT2D eigenvalue weighted by molar-refractivity contribution is 5.17. The Hall–Kier alpha value is -0.0800. The topological polar surface area (TPSA) is 15.8 Å². The summed E-state index contributed by atoms with van der Waals surface area (Å²) in [6, 6.07) is 0. The zero-order valence-electron chi connectivity index (χ0n) is 11.1. The SMILES string of the molecule is CCN(CC)C[C@H]1[C@H]2C[C@H]([C@@H]3O[C@H]23)C1(C)C. The predicted octanol–water partition coefficient (Wildman–Crippen LogP) is 2.39. The van der Waals surface area contributed by atoms with Crippen molar-refractivity contribution in [2.45, 2.75) is 46.3 Å². The van der Waals surface area contributed by atoms with Crippen LogP contribution in [0.25, 0.3) is 0 Å². The maximum absolute atomic E-state index is 5.84. The van der Waals surface area contributed by atoms with Crippen molar-refractivity contribution in [2.75, 3.05) is 19.6 Å². The highest BCUT2D eigenvalue weighted by atomic mass is 16.6. The number of ether oxygens (including phenoxy) is 1. The van der Waals surface area contributed by atoms with E-state index in [2.05, 4.69) is 32.6 Å². The molecule has 1 aliphatic heterocycles. The first-order valence-electron chi connectivity index (χ1n) is 6.97. The Morgan fingerprint density at radius 2 is 1.88 bits per heavy atom. The summed E-state index contributed by atoms with van der Waals surface area (Å²) in [6.07, 6.45) is 2.74. The molecule has 16 heavy (non-hydrogen) atoms. The Morgan fingerprint density at radius 1 is 1.19 bits per heavy atom. The molecule has 5 atom stereocenters. The van der Waals surface area contributed by atoms with Gasteiger partial charge in [0.2, 0.25) is 0 Å². The Morgan fingerprint density at radius 3 is 2.44 bits per heavy atom. The number of fused-ring (bicyclic) bond motifs is 5. The van der Waals surface area contributed by atoms with Gasteiger partial charge in [0.1, 0.15) is 0 Å². The maximum atomic E-state index is 5.84. The number of hydrogen-bond acceptors (Lipinski definition) is 2. The lowest BCUT2D eigenvalue weighted by molar-refractivity contribution is 0.0975. The second-order valence-electron chi connectivity index (χ2n) is 6.49. The molecule has 0 aromatic heterocycles. The van der Waals surface area contributed by atoms with Crippen molar-refractivity contribution in [3.05, 3.63) is 0 Å². The second kappa shape index (κ2) is 3.46. The van der Waals surface area contributed by atoms with Gasteiger partial charge in [0, 0.05) is 6.54 Å². The minimum absolute atomic E-state index is 0.505. The van der Waals surface area contributed by atoms with Gasteiger partial charge in [-0.3, -0.25) is 0 Å². The van der Waals surface area contributed by atoms with E-state index in [1.807, 2.05) is 0 Å². The van der Waals surface area contributed by atoms with Crippen LogP contribution in [0.5, 0.6) is 0 Å². The molecule has 0 radical (unpaired) electrons. The van der Waals surface area contributed by atoms with Crippen LogP contribution in [0.4, 0.5) is 0 Å². The minimum atomic E-state index is 0.505. The quantitative estimate of drug-likeness (QED) is 0.680. The van der Waals surface area contributed by atoms with Crippen LogP contribution in [0, 0.1) is 23.2 Å². The molecule has 3 fully saturated rings. The van der Waals surface area contributed by atoms with Crippen LogP contribution in [0.15, 0.2) is 0 Å². The number of rotatable bonds is 4. The summed E-state index contributed by atoms with van der Waals surface area (Å²) in [6.45, 7) is 13.2. The standard InChI is InChI=1S/C14H25NO/c1-5-15(6-2)8-11-9-7-10(14(11,3)4)13-12(9)16-13/h9-13H,5-8H2,1-4H3/t9-,10-,11+,12-,13+/m1/s1. The van der Waals surface area contributed by atoms with Gasteiger partial charge in [0.15, 0.2) is 0 Å². The molecular weight excluding hydrogens is 198 g/mol. The van der Waals surface area contributed by atoms with Gasteiger partial charge in [-0.25, -0.2) is 0 Å². The average Bonchev–Trinajstić information content (AvgIpc) is 2.90. The van der Waals surface area contributed by atoms with E-state index in [-0.39, 0.29) is 0 Å². The van der Waals surface area contributed by atoms with Crippen molar-refractivity contribution >= 4 is 0 Å². The summed E-state index contributed by atoms with van der Waals surface area (Å²) in [5.41, 5.74) is 0.505. The lowest BCUT2D eigenvalue weighted by Crippen LogP contribution is -2.42. The summed E-state index contributed by atoms with van der Waals surface area (Å²) in [4.78, 5) is 2.59. The molecule has 3 aliphatic rings. The Bertz CT molecular complexity index is 284. The molecule has 0 aromatic carbocycles. The molecule has 0 unspecified atom stereocenters. The molecule has 92 valence electrons. The first-order valence-corrected chi connectivity index (χ1v) is 6.97. The van der Waals surface area contributed by atoms with Gasteiger partial charge in [0.05, 0.1) is 12.2 Å². The van der Waals surface area contributed by atoms with Gasteiger partial charge >= 0.3 is 0 Å². The highest BCUT2D eigenvalue weighted by Crippen LogP contribution is 2.66. The number of epoxide rings is 1. The first kappa shape index (κ1) is 11.0. The van der Waals surface area contributed by atoms with Gasteiger partial charge in [0.25, 0.3) is 0 Å². The van der Waals surface area contributed by atoms with E-state index in [4.69, 9.17) is 4.74 Å². The molecular formula is C14H25NO. The van der Waals surface area contributed by atoms with Crippen LogP contribution >= 0.6 is 0 Å². The van der Waals surface area contributed by atoms with Crippen molar-refractivity contribution in [3.8, 4) is 0 Å². The van der Waals surface area contributed by atoms with E-state index in [1.165, 1.54) is 26.1 Å². The van der Waals surface area contributed by atoms with Crippen LogP contribution in [-0.2, 0) is 4.74 Å². The van der Waals surface area contributed by atoms with Crippen LogP contribution in [0.1, 0.15) is 34.1 Å². The van der Waals surface area contributed by atoms with Crippen LogP contribution in [0.3, 0.4) is 0 Å². The molecule has 0 aromatic rings. The normalized spacial score (nSPS) is 47.4. The molecule has 2 heteroatoms. The summed E-state index contributed by atoms with van der Waals surface area (Å²) < 4.78 is 5.84. The van der Waals surface area contributed by atoms with E-state index in [0.717, 1.165) is 17.8 Å². The Labute approximate surface area is 99.3 Å². The molecule has 2 bridgehead atoms. The lowest BCUT2D eigenvalue weighted by Gasteiger charge is -2.39. The average molecular weight is 223 g/mol. The molecule has 0 N–H and O–H groups in total. The third kappa shape index (κ3) is 1.32. The lowest BCUT2D eigenvalue weighted by atomic mass is 9.68. The summed E-state index contributed by atoms with van der Waals surface area (Å²) in [5, 5.41) is 0. The zero-order chi connectivity index (χ0) is 11.5. The first-order chi connectivity index (χ1) is 7.59. The molecule has 2 saturated carbocycles. The predicted molar refractivity (Wildman–Crippen MR) is 65.3 cm³/mol. The molecule has 2 nitrogen and oxygen atoms in total. The van der Waals surface area contributed by atoms with Gasteiger partial charge in [-0.05, 0) is 42.7 Å². The summed E-state index contributed by atoms with van der Waals surface area (Å²) in [7, 11) is 0. The molecule has 0 spiro atoms. The van der Waals surface area contributed by atoms with Crippen LogP contribution in [0.2, 0.25) is 0 Å². The number of hydrogen-bond donors (Lipinski definition) is 0. The fourth-order valence-electron chi connectivity index (χ4n) is 4.44. The molecule has 0 amide bonds. The Kier molecular flexibility index (Phi) is 2.38. The van der Waals surface area contributed by atoms with E-state index in [1.54, 1.807) is 0 Å². The molecule has 3 rings (SSSR count). The fraction of sp³-hybridized carbons (Fsp3) is 1.00. The Balaban J connectivity index is 1.75. The molecule has 1 heterocycles. The van der Waals surface area contributed by atoms with Gasteiger partial charge in [-0.1, -0.05) is 27.7 Å². The number of nitrogens with zero attached hydrogens (tertiary/aromatic N) is 1. The van der Waals surface area contributed by atoms with Gasteiger partial charge in [-0.2, -0.15) is 0 Å². The third-order valence-corrected chi connectivity index (χ3v) is 5.68. The largest absolute Gasteiger partial charge is 0.369 e. The van der Waals surface area contributed by atoms with E-state index >= 15 is 0 Å². The monoisotopic (exact) mass is 223 g/mol. The fourth-order valence-corrected chi connectivity index (χ4v) is 4.44. The van der Waals surface area contributed by atoms with Crippen molar-refractivity contribution in [1.29, 1.82) is 0 Å². The summed E-state index contributed by atoms with van der Waals surface area (Å²) in [5.74, 6) is 2.58. The maximum Gasteiger partial charge on any atom is 0.0878 e. The van der Waals surface area contributed by atoms with Crippen LogP contribution < -0.4 is 0 Å². The zero-order valence-corrected chi connectivity index (χ0v) is 11.1.